The number of carbonyl (C=O) groups is 1. The van der Waals surface area contributed by atoms with Crippen molar-refractivity contribution in [2.24, 2.45) is 28.1 Å². The molecule has 19 heavy (non-hydrogen) atoms. The van der Waals surface area contributed by atoms with Gasteiger partial charge in [-0.05, 0) is 31.6 Å². The molecule has 0 aliphatic carbocycles. The Morgan fingerprint density at radius 2 is 2.00 bits per heavy atom. The first kappa shape index (κ1) is 15.7. The van der Waals surface area contributed by atoms with Crippen LogP contribution >= 0.6 is 0 Å². The molecule has 0 spiro atoms. The van der Waals surface area contributed by atoms with Gasteiger partial charge in [-0.1, -0.05) is 0 Å². The normalized spacial score (nSPS) is 18.1. The van der Waals surface area contributed by atoms with Gasteiger partial charge < -0.3 is 27.2 Å². The molecule has 0 aromatic rings. The molecule has 1 heterocycles. The highest BCUT2D eigenvalue weighted by Crippen LogP contribution is 2.17. The van der Waals surface area contributed by atoms with Gasteiger partial charge in [0.05, 0.1) is 6.04 Å². The molecule has 7 heteroatoms. The zero-order chi connectivity index (χ0) is 14.3. The van der Waals surface area contributed by atoms with E-state index >= 15 is 0 Å². The molecule has 1 rings (SSSR count). The fraction of sp³-hybridized carbons (Fsp3) is 0.833. The molecule has 1 fully saturated rings. The first-order valence-electron chi connectivity index (χ1n) is 6.75. The van der Waals surface area contributed by atoms with Crippen LogP contribution in [0, 0.1) is 5.92 Å². The zero-order valence-corrected chi connectivity index (χ0v) is 11.3. The summed E-state index contributed by atoms with van der Waals surface area (Å²) in [6, 6.07) is -0.486. The fourth-order valence-corrected chi connectivity index (χ4v) is 2.21. The average Bonchev–Trinajstić information content (AvgIpc) is 2.42. The Bertz CT molecular complexity index is 309. The van der Waals surface area contributed by atoms with Gasteiger partial charge in [-0.15, -0.1) is 0 Å². The number of rotatable bonds is 6. The number of nitrogens with two attached hydrogens (primary N) is 3. The SMILES string of the molecule is NC(N)=NCCC[C@H](N)C(=O)N1CCC(CO)CC1. The summed E-state index contributed by atoms with van der Waals surface area (Å²) in [6.45, 7) is 2.07. The number of aliphatic hydroxyl groups is 1. The number of aliphatic imine (C=N–C) groups is 1. The Kier molecular flexibility index (Phi) is 6.58. The van der Waals surface area contributed by atoms with Crippen molar-refractivity contribution < 1.29 is 9.90 Å². The minimum atomic E-state index is -0.486. The molecule has 0 bridgehead atoms. The number of aliphatic hydroxyl groups excluding tert-OH is 1. The Morgan fingerprint density at radius 1 is 1.37 bits per heavy atom. The van der Waals surface area contributed by atoms with E-state index in [-0.39, 0.29) is 18.5 Å². The highest BCUT2D eigenvalue weighted by atomic mass is 16.3. The van der Waals surface area contributed by atoms with Crippen molar-refractivity contribution in [3.05, 3.63) is 0 Å². The molecule has 7 nitrogen and oxygen atoms in total. The monoisotopic (exact) mass is 271 g/mol. The number of amides is 1. The third-order valence-corrected chi connectivity index (χ3v) is 3.47. The van der Waals surface area contributed by atoms with Gasteiger partial charge in [0.2, 0.25) is 5.91 Å². The lowest BCUT2D eigenvalue weighted by atomic mass is 9.97. The highest BCUT2D eigenvalue weighted by Gasteiger charge is 2.25. The van der Waals surface area contributed by atoms with Gasteiger partial charge in [-0.25, -0.2) is 0 Å². The van der Waals surface area contributed by atoms with E-state index in [0.29, 0.717) is 38.4 Å². The van der Waals surface area contributed by atoms with Crippen molar-refractivity contribution in [2.75, 3.05) is 26.2 Å². The van der Waals surface area contributed by atoms with Gasteiger partial charge in [0.25, 0.3) is 0 Å². The van der Waals surface area contributed by atoms with Crippen molar-refractivity contribution in [2.45, 2.75) is 31.7 Å². The molecule has 0 saturated carbocycles. The largest absolute Gasteiger partial charge is 0.396 e. The molecule has 1 aliphatic heterocycles. The van der Waals surface area contributed by atoms with Crippen LogP contribution in [-0.2, 0) is 4.79 Å². The van der Waals surface area contributed by atoms with E-state index in [0.717, 1.165) is 12.8 Å². The average molecular weight is 271 g/mol. The van der Waals surface area contributed by atoms with Gasteiger partial charge in [-0.2, -0.15) is 0 Å². The maximum atomic E-state index is 12.1. The maximum Gasteiger partial charge on any atom is 0.239 e. The van der Waals surface area contributed by atoms with E-state index in [1.165, 1.54) is 0 Å². The van der Waals surface area contributed by atoms with Crippen molar-refractivity contribution in [3.8, 4) is 0 Å². The smallest absolute Gasteiger partial charge is 0.239 e. The Hall–Kier alpha value is -1.34. The molecular weight excluding hydrogens is 246 g/mol. The van der Waals surface area contributed by atoms with Crippen LogP contribution in [0.15, 0.2) is 4.99 Å². The van der Waals surface area contributed by atoms with Gasteiger partial charge in [0.15, 0.2) is 5.96 Å². The van der Waals surface area contributed by atoms with Gasteiger partial charge >= 0.3 is 0 Å². The van der Waals surface area contributed by atoms with Crippen LogP contribution in [0.3, 0.4) is 0 Å². The second kappa shape index (κ2) is 7.96. The summed E-state index contributed by atoms with van der Waals surface area (Å²) in [4.78, 5) is 17.7. The molecule has 1 aliphatic rings. The molecule has 7 N–H and O–H groups in total. The van der Waals surface area contributed by atoms with E-state index < -0.39 is 6.04 Å². The van der Waals surface area contributed by atoms with Gasteiger partial charge in [-0.3, -0.25) is 9.79 Å². The summed E-state index contributed by atoms with van der Waals surface area (Å²) in [7, 11) is 0. The number of carbonyl (C=O) groups excluding carboxylic acids is 1. The van der Waals surface area contributed by atoms with Crippen molar-refractivity contribution in [1.82, 2.24) is 4.90 Å². The Morgan fingerprint density at radius 3 is 2.53 bits per heavy atom. The van der Waals surface area contributed by atoms with E-state index in [9.17, 15) is 4.79 Å². The lowest BCUT2D eigenvalue weighted by Crippen LogP contribution is -2.47. The third kappa shape index (κ3) is 5.44. The summed E-state index contributed by atoms with van der Waals surface area (Å²) < 4.78 is 0. The first-order valence-corrected chi connectivity index (χ1v) is 6.75. The molecule has 1 amide bonds. The number of hydrogen-bond donors (Lipinski definition) is 4. The molecule has 0 aromatic carbocycles. The van der Waals surface area contributed by atoms with Crippen LogP contribution in [0.2, 0.25) is 0 Å². The van der Waals surface area contributed by atoms with E-state index in [4.69, 9.17) is 22.3 Å². The summed E-state index contributed by atoms with van der Waals surface area (Å²) in [5, 5.41) is 9.05. The molecule has 0 unspecified atom stereocenters. The maximum absolute atomic E-state index is 12.1. The van der Waals surface area contributed by atoms with Crippen LogP contribution in [0.1, 0.15) is 25.7 Å². The predicted octanol–water partition coefficient (Wildman–Crippen LogP) is -1.40. The minimum absolute atomic E-state index is 0.0129. The number of guanidine groups is 1. The zero-order valence-electron chi connectivity index (χ0n) is 11.3. The number of hydrogen-bond acceptors (Lipinski definition) is 4. The summed E-state index contributed by atoms with van der Waals surface area (Å²) in [5.74, 6) is 0.370. The van der Waals surface area contributed by atoms with Crippen LogP contribution in [0.25, 0.3) is 0 Å². The standard InChI is InChI=1S/C12H25N5O2/c13-10(2-1-5-16-12(14)15)11(19)17-6-3-9(8-18)4-7-17/h9-10,18H,1-8,13H2,(H4,14,15,16)/t10-/m0/s1. The second-order valence-electron chi connectivity index (χ2n) is 5.01. The van der Waals surface area contributed by atoms with Crippen LogP contribution in [0.5, 0.6) is 0 Å². The van der Waals surface area contributed by atoms with E-state index in [1.807, 2.05) is 0 Å². The van der Waals surface area contributed by atoms with Crippen molar-refractivity contribution >= 4 is 11.9 Å². The molecule has 110 valence electrons. The molecular formula is C12H25N5O2. The van der Waals surface area contributed by atoms with Crippen molar-refractivity contribution in [1.29, 1.82) is 0 Å². The van der Waals surface area contributed by atoms with E-state index in [2.05, 4.69) is 4.99 Å². The van der Waals surface area contributed by atoms with E-state index in [1.54, 1.807) is 4.90 Å². The Balaban J connectivity index is 2.27. The predicted molar refractivity (Wildman–Crippen MR) is 74.3 cm³/mol. The quantitative estimate of drug-likeness (QED) is 0.268. The second-order valence-corrected chi connectivity index (χ2v) is 5.01. The van der Waals surface area contributed by atoms with Crippen LogP contribution < -0.4 is 17.2 Å². The number of likely N-dealkylation sites (tertiary alicyclic amines) is 1. The van der Waals surface area contributed by atoms with Crippen molar-refractivity contribution in [3.63, 3.8) is 0 Å². The Labute approximate surface area is 113 Å². The van der Waals surface area contributed by atoms with Crippen LogP contribution in [-0.4, -0.2) is 54.2 Å². The van der Waals surface area contributed by atoms with Gasteiger partial charge in [0, 0.05) is 26.2 Å². The fourth-order valence-electron chi connectivity index (χ4n) is 2.21. The topological polar surface area (TPSA) is 131 Å². The third-order valence-electron chi connectivity index (χ3n) is 3.47. The van der Waals surface area contributed by atoms with Crippen LogP contribution in [0.4, 0.5) is 0 Å². The lowest BCUT2D eigenvalue weighted by Gasteiger charge is -2.32. The first-order chi connectivity index (χ1) is 9.04. The summed E-state index contributed by atoms with van der Waals surface area (Å²) >= 11 is 0. The number of piperidine rings is 1. The number of nitrogens with zero attached hydrogens (tertiary/aromatic N) is 2. The molecule has 1 saturated heterocycles. The lowest BCUT2D eigenvalue weighted by molar-refractivity contribution is -0.134. The minimum Gasteiger partial charge on any atom is -0.396 e. The summed E-state index contributed by atoms with van der Waals surface area (Å²) in [6.07, 6.45) is 2.97. The molecule has 1 atom stereocenters. The van der Waals surface area contributed by atoms with Gasteiger partial charge in [0.1, 0.15) is 0 Å². The molecule has 0 radical (unpaired) electrons. The molecule has 0 aromatic heterocycles. The highest BCUT2D eigenvalue weighted by molar-refractivity contribution is 5.81. The summed E-state index contributed by atoms with van der Waals surface area (Å²) in [5.41, 5.74) is 16.3.